The molecular weight excluding hydrogens is 230 g/mol. The maximum absolute atomic E-state index is 11.9. The molecule has 0 aromatic carbocycles. The molecule has 1 aromatic rings. The molecule has 1 saturated carbocycles. The Morgan fingerprint density at radius 1 is 1.67 bits per heavy atom. The van der Waals surface area contributed by atoms with Crippen LogP contribution < -0.4 is 5.73 Å². The van der Waals surface area contributed by atoms with E-state index in [2.05, 4.69) is 16.9 Å². The number of hydrogen-bond acceptors (Lipinski definition) is 4. The lowest BCUT2D eigenvalue weighted by Crippen LogP contribution is -2.37. The molecule has 2 rings (SSSR count). The SMILES string of the molecule is CC1CCCC(OC(=O)[C@H](N)Cc2cnc[nH]2)C1. The fourth-order valence-electron chi connectivity index (χ4n) is 2.45. The van der Waals surface area contributed by atoms with E-state index < -0.39 is 6.04 Å². The highest BCUT2D eigenvalue weighted by molar-refractivity contribution is 5.76. The molecule has 1 aliphatic rings. The average Bonchev–Trinajstić information content (AvgIpc) is 2.81. The van der Waals surface area contributed by atoms with Gasteiger partial charge in [-0.1, -0.05) is 13.3 Å². The molecule has 0 spiro atoms. The highest BCUT2D eigenvalue weighted by Crippen LogP contribution is 2.25. The number of carbonyl (C=O) groups is 1. The first-order valence-corrected chi connectivity index (χ1v) is 6.58. The average molecular weight is 251 g/mol. The number of aromatic nitrogens is 2. The number of hydrogen-bond donors (Lipinski definition) is 2. The third-order valence-electron chi connectivity index (χ3n) is 3.47. The number of nitrogens with one attached hydrogen (secondary N) is 1. The van der Waals surface area contributed by atoms with Crippen LogP contribution in [0.2, 0.25) is 0 Å². The Kier molecular flexibility index (Phi) is 4.36. The van der Waals surface area contributed by atoms with Crippen LogP contribution in [0.15, 0.2) is 12.5 Å². The largest absolute Gasteiger partial charge is 0.461 e. The van der Waals surface area contributed by atoms with Crippen LogP contribution >= 0.6 is 0 Å². The molecule has 1 aromatic heterocycles. The van der Waals surface area contributed by atoms with Crippen molar-refractivity contribution >= 4 is 5.97 Å². The lowest BCUT2D eigenvalue weighted by molar-refractivity contribution is -0.152. The molecule has 18 heavy (non-hydrogen) atoms. The van der Waals surface area contributed by atoms with Gasteiger partial charge in [0, 0.05) is 18.3 Å². The summed E-state index contributed by atoms with van der Waals surface area (Å²) >= 11 is 0. The van der Waals surface area contributed by atoms with Gasteiger partial charge in [-0.2, -0.15) is 0 Å². The van der Waals surface area contributed by atoms with Crippen molar-refractivity contribution in [2.45, 2.75) is 51.2 Å². The Balaban J connectivity index is 1.79. The van der Waals surface area contributed by atoms with E-state index >= 15 is 0 Å². The van der Waals surface area contributed by atoms with Crippen molar-refractivity contribution in [3.05, 3.63) is 18.2 Å². The van der Waals surface area contributed by atoms with E-state index in [0.29, 0.717) is 12.3 Å². The number of H-pyrrole nitrogens is 1. The summed E-state index contributed by atoms with van der Waals surface area (Å²) in [5.74, 6) is 0.337. The first kappa shape index (κ1) is 13.1. The smallest absolute Gasteiger partial charge is 0.323 e. The van der Waals surface area contributed by atoms with Crippen LogP contribution in [0.1, 0.15) is 38.3 Å². The number of aromatic amines is 1. The Hall–Kier alpha value is -1.36. The summed E-state index contributed by atoms with van der Waals surface area (Å²) in [6.45, 7) is 2.20. The van der Waals surface area contributed by atoms with Crippen LogP contribution in [-0.2, 0) is 16.0 Å². The maximum atomic E-state index is 11.9. The first-order chi connectivity index (χ1) is 8.65. The van der Waals surface area contributed by atoms with Crippen molar-refractivity contribution in [1.82, 2.24) is 9.97 Å². The van der Waals surface area contributed by atoms with Gasteiger partial charge in [0.25, 0.3) is 0 Å². The number of rotatable bonds is 4. The Labute approximate surface area is 107 Å². The second kappa shape index (κ2) is 6.00. The number of nitrogens with zero attached hydrogens (tertiary/aromatic N) is 1. The Bertz CT molecular complexity index is 378. The molecule has 0 saturated heterocycles. The van der Waals surface area contributed by atoms with Crippen molar-refractivity contribution in [2.75, 3.05) is 0 Å². The summed E-state index contributed by atoms with van der Waals surface area (Å²) in [6.07, 6.45) is 8.04. The zero-order valence-corrected chi connectivity index (χ0v) is 10.8. The van der Waals surface area contributed by atoms with Crippen LogP contribution in [0.3, 0.4) is 0 Å². The van der Waals surface area contributed by atoms with E-state index in [1.54, 1.807) is 12.5 Å². The molecule has 5 nitrogen and oxygen atoms in total. The van der Waals surface area contributed by atoms with Crippen LogP contribution in [0.5, 0.6) is 0 Å². The van der Waals surface area contributed by atoms with Crippen LogP contribution in [0.4, 0.5) is 0 Å². The lowest BCUT2D eigenvalue weighted by Gasteiger charge is -2.27. The van der Waals surface area contributed by atoms with Crippen LogP contribution in [-0.4, -0.2) is 28.1 Å². The number of imidazole rings is 1. The fourth-order valence-corrected chi connectivity index (χ4v) is 2.45. The first-order valence-electron chi connectivity index (χ1n) is 6.58. The van der Waals surface area contributed by atoms with Gasteiger partial charge in [-0.15, -0.1) is 0 Å². The predicted octanol–water partition coefficient (Wildman–Crippen LogP) is 1.40. The molecule has 1 aliphatic carbocycles. The van der Waals surface area contributed by atoms with Gasteiger partial charge in [-0.3, -0.25) is 4.79 Å². The molecule has 100 valence electrons. The second-order valence-electron chi connectivity index (χ2n) is 5.22. The van der Waals surface area contributed by atoms with Crippen LogP contribution in [0.25, 0.3) is 0 Å². The van der Waals surface area contributed by atoms with Gasteiger partial charge in [0.2, 0.25) is 0 Å². The van der Waals surface area contributed by atoms with Crippen molar-refractivity contribution < 1.29 is 9.53 Å². The standard InChI is InChI=1S/C13H21N3O2/c1-9-3-2-4-11(5-9)18-13(17)12(14)6-10-7-15-8-16-10/h7-9,11-12H,2-6,14H2,1H3,(H,15,16)/t9?,11?,12-/m1/s1. The maximum Gasteiger partial charge on any atom is 0.323 e. The van der Waals surface area contributed by atoms with Gasteiger partial charge in [-0.25, -0.2) is 4.98 Å². The lowest BCUT2D eigenvalue weighted by atomic mass is 9.89. The summed E-state index contributed by atoms with van der Waals surface area (Å²) in [7, 11) is 0. The minimum atomic E-state index is -0.609. The molecule has 3 atom stereocenters. The third-order valence-corrected chi connectivity index (χ3v) is 3.47. The van der Waals surface area contributed by atoms with Gasteiger partial charge in [0.1, 0.15) is 12.1 Å². The topological polar surface area (TPSA) is 81.0 Å². The third kappa shape index (κ3) is 3.57. The Morgan fingerprint density at radius 3 is 3.17 bits per heavy atom. The van der Waals surface area contributed by atoms with Crippen molar-refractivity contribution in [1.29, 1.82) is 0 Å². The molecule has 2 unspecified atom stereocenters. The van der Waals surface area contributed by atoms with Gasteiger partial charge in [0.05, 0.1) is 6.33 Å². The molecular formula is C13H21N3O2. The normalized spacial score (nSPS) is 25.7. The number of nitrogens with two attached hydrogens (primary N) is 1. The summed E-state index contributed by atoms with van der Waals surface area (Å²) in [4.78, 5) is 18.7. The van der Waals surface area contributed by atoms with Gasteiger partial charge in [0.15, 0.2) is 0 Å². The van der Waals surface area contributed by atoms with E-state index in [1.807, 2.05) is 0 Å². The van der Waals surface area contributed by atoms with Gasteiger partial charge >= 0.3 is 5.97 Å². The van der Waals surface area contributed by atoms with E-state index in [1.165, 1.54) is 6.42 Å². The van der Waals surface area contributed by atoms with E-state index in [9.17, 15) is 4.79 Å². The molecule has 5 heteroatoms. The fraction of sp³-hybridized carbons (Fsp3) is 0.692. The highest BCUT2D eigenvalue weighted by Gasteiger charge is 2.25. The van der Waals surface area contributed by atoms with E-state index in [4.69, 9.17) is 10.5 Å². The van der Waals surface area contributed by atoms with Crippen molar-refractivity contribution in [3.8, 4) is 0 Å². The summed E-state index contributed by atoms with van der Waals surface area (Å²) in [6, 6.07) is -0.609. The number of ether oxygens (including phenoxy) is 1. The number of esters is 1. The van der Waals surface area contributed by atoms with Crippen LogP contribution in [0, 0.1) is 5.92 Å². The van der Waals surface area contributed by atoms with Crippen molar-refractivity contribution in [3.63, 3.8) is 0 Å². The molecule has 0 bridgehead atoms. The van der Waals surface area contributed by atoms with E-state index in [-0.39, 0.29) is 12.1 Å². The summed E-state index contributed by atoms with van der Waals surface area (Å²) in [5, 5.41) is 0. The van der Waals surface area contributed by atoms with Gasteiger partial charge in [-0.05, 0) is 25.2 Å². The molecule has 0 aliphatic heterocycles. The zero-order chi connectivity index (χ0) is 13.0. The molecule has 0 radical (unpaired) electrons. The van der Waals surface area contributed by atoms with Crippen molar-refractivity contribution in [2.24, 2.45) is 11.7 Å². The minimum absolute atomic E-state index is 0.0501. The summed E-state index contributed by atoms with van der Waals surface area (Å²) in [5.41, 5.74) is 6.70. The molecule has 0 amide bonds. The quantitative estimate of drug-likeness (QED) is 0.793. The Morgan fingerprint density at radius 2 is 2.50 bits per heavy atom. The zero-order valence-electron chi connectivity index (χ0n) is 10.8. The molecule has 1 fully saturated rings. The second-order valence-corrected chi connectivity index (χ2v) is 5.22. The van der Waals surface area contributed by atoms with E-state index in [0.717, 1.165) is 25.0 Å². The highest BCUT2D eigenvalue weighted by atomic mass is 16.5. The molecule has 1 heterocycles. The molecule has 3 N–H and O–H groups in total. The minimum Gasteiger partial charge on any atom is -0.461 e. The van der Waals surface area contributed by atoms with Gasteiger partial charge < -0.3 is 15.5 Å². The monoisotopic (exact) mass is 251 g/mol. The predicted molar refractivity (Wildman–Crippen MR) is 67.8 cm³/mol. The number of carbonyl (C=O) groups excluding carboxylic acids is 1. The summed E-state index contributed by atoms with van der Waals surface area (Å²) < 4.78 is 5.47.